The van der Waals surface area contributed by atoms with Crippen LogP contribution in [0.4, 0.5) is 4.79 Å². The van der Waals surface area contributed by atoms with E-state index in [1.165, 1.54) is 24.0 Å². The van der Waals surface area contributed by atoms with Crippen molar-refractivity contribution in [1.82, 2.24) is 16.0 Å². The van der Waals surface area contributed by atoms with Gasteiger partial charge in [-0.2, -0.15) is 0 Å². The van der Waals surface area contributed by atoms with Gasteiger partial charge in [-0.15, -0.1) is 24.0 Å². The van der Waals surface area contributed by atoms with E-state index in [0.29, 0.717) is 18.3 Å². The zero-order chi connectivity index (χ0) is 22.4. The maximum Gasteiger partial charge on any atom is 0.407 e. The normalized spacial score (nSPS) is 21.1. The number of phenolic OH excluding ortho intramolecular Hbond substituents is 1. The standard InChI is InChI=1S/C24H38N4O3.HI/c1-24(2,3)31-23(30)28-18-12-10-17(11-13-18)27-22(25-4)26-15-20-19-8-6-5-7-16(19)9-14-21(20)29;/h9,14,17-18,29H,5-8,10-13,15H2,1-4H3,(H,28,30)(H2,25,26,27);1H. The van der Waals surface area contributed by atoms with Crippen LogP contribution in [0.1, 0.15) is 76.0 Å². The summed E-state index contributed by atoms with van der Waals surface area (Å²) >= 11 is 0. The summed E-state index contributed by atoms with van der Waals surface area (Å²) in [6.07, 6.45) is 7.89. The summed E-state index contributed by atoms with van der Waals surface area (Å²) in [4.78, 5) is 16.4. The van der Waals surface area contributed by atoms with Gasteiger partial charge < -0.3 is 25.8 Å². The number of phenols is 1. The molecule has 0 spiro atoms. The molecule has 0 aromatic heterocycles. The Morgan fingerprint density at radius 3 is 2.34 bits per heavy atom. The summed E-state index contributed by atoms with van der Waals surface area (Å²) in [7, 11) is 1.77. The van der Waals surface area contributed by atoms with Gasteiger partial charge in [0.15, 0.2) is 5.96 Å². The lowest BCUT2D eigenvalue weighted by molar-refractivity contribution is 0.0490. The third kappa shape index (κ3) is 7.71. The molecule has 0 saturated heterocycles. The van der Waals surface area contributed by atoms with Crippen molar-refractivity contribution in [3.8, 4) is 5.75 Å². The minimum atomic E-state index is -0.479. The molecule has 0 bridgehead atoms. The maximum atomic E-state index is 12.0. The number of ether oxygens (including phenoxy) is 1. The zero-order valence-electron chi connectivity index (χ0n) is 19.8. The van der Waals surface area contributed by atoms with Gasteiger partial charge >= 0.3 is 6.09 Å². The van der Waals surface area contributed by atoms with Gasteiger partial charge in [0.2, 0.25) is 0 Å². The number of guanidine groups is 1. The number of aliphatic imine (C=N–C) groups is 1. The van der Waals surface area contributed by atoms with Crippen LogP contribution in [-0.4, -0.2) is 41.9 Å². The number of carbonyl (C=O) groups excluding carboxylic acids is 1. The SMILES string of the molecule is CN=C(NCc1c(O)ccc2c1CCCC2)NC1CCC(NC(=O)OC(C)(C)C)CC1.I. The molecule has 7 nitrogen and oxygen atoms in total. The molecule has 0 radical (unpaired) electrons. The van der Waals surface area contributed by atoms with E-state index in [1.807, 2.05) is 26.8 Å². The Hall–Kier alpha value is -1.71. The van der Waals surface area contributed by atoms with Crippen molar-refractivity contribution >= 4 is 36.0 Å². The molecule has 1 fully saturated rings. The number of carbonyl (C=O) groups is 1. The minimum absolute atomic E-state index is 0. The van der Waals surface area contributed by atoms with Crippen molar-refractivity contribution in [2.75, 3.05) is 7.05 Å². The molecule has 1 saturated carbocycles. The van der Waals surface area contributed by atoms with Gasteiger partial charge in [0, 0.05) is 31.2 Å². The number of halogens is 1. The van der Waals surface area contributed by atoms with E-state index >= 15 is 0 Å². The van der Waals surface area contributed by atoms with Crippen LogP contribution >= 0.6 is 24.0 Å². The summed E-state index contributed by atoms with van der Waals surface area (Å²) in [5.74, 6) is 1.11. The van der Waals surface area contributed by atoms with E-state index in [1.54, 1.807) is 7.05 Å². The van der Waals surface area contributed by atoms with E-state index in [9.17, 15) is 9.90 Å². The van der Waals surface area contributed by atoms with Crippen molar-refractivity contribution in [3.63, 3.8) is 0 Å². The monoisotopic (exact) mass is 558 g/mol. The summed E-state index contributed by atoms with van der Waals surface area (Å²) in [6, 6.07) is 4.33. The molecule has 0 aliphatic heterocycles. The Morgan fingerprint density at radius 1 is 1.09 bits per heavy atom. The Morgan fingerprint density at radius 2 is 1.72 bits per heavy atom. The molecule has 2 aliphatic carbocycles. The van der Waals surface area contributed by atoms with E-state index in [0.717, 1.165) is 50.0 Å². The van der Waals surface area contributed by atoms with E-state index in [-0.39, 0.29) is 36.1 Å². The summed E-state index contributed by atoms with van der Waals surface area (Å²) in [6.45, 7) is 6.18. The van der Waals surface area contributed by atoms with Crippen LogP contribution in [0.5, 0.6) is 5.75 Å². The first kappa shape index (κ1) is 26.5. The predicted octanol–water partition coefficient (Wildman–Crippen LogP) is 4.39. The maximum absolute atomic E-state index is 12.0. The first-order valence-corrected chi connectivity index (χ1v) is 11.5. The molecule has 4 N–H and O–H groups in total. The number of hydrogen-bond donors (Lipinski definition) is 4. The van der Waals surface area contributed by atoms with Crippen LogP contribution in [0.2, 0.25) is 0 Å². The fourth-order valence-corrected chi connectivity index (χ4v) is 4.51. The number of aromatic hydroxyl groups is 1. The van der Waals surface area contributed by atoms with Crippen molar-refractivity contribution in [1.29, 1.82) is 0 Å². The second-order valence-electron chi connectivity index (χ2n) is 9.67. The number of benzene rings is 1. The van der Waals surface area contributed by atoms with Gasteiger partial charge in [0.25, 0.3) is 0 Å². The fraction of sp³-hybridized carbons (Fsp3) is 0.667. The fourth-order valence-electron chi connectivity index (χ4n) is 4.51. The third-order valence-electron chi connectivity index (χ3n) is 6.07. The van der Waals surface area contributed by atoms with Crippen LogP contribution in [0.15, 0.2) is 17.1 Å². The molecule has 0 atom stereocenters. The predicted molar refractivity (Wildman–Crippen MR) is 139 cm³/mol. The number of nitrogens with one attached hydrogen (secondary N) is 3. The summed E-state index contributed by atoms with van der Waals surface area (Å²) in [5.41, 5.74) is 3.17. The lowest BCUT2D eigenvalue weighted by atomic mass is 9.88. The Balaban J connectivity index is 0.00000363. The molecule has 0 heterocycles. The molecule has 3 rings (SSSR count). The Kier molecular flexibility index (Phi) is 9.91. The summed E-state index contributed by atoms with van der Waals surface area (Å²) in [5, 5.41) is 20.3. The van der Waals surface area contributed by atoms with Gasteiger partial charge in [-0.05, 0) is 89.3 Å². The molecule has 180 valence electrons. The van der Waals surface area contributed by atoms with Crippen LogP contribution in [-0.2, 0) is 24.1 Å². The van der Waals surface area contributed by atoms with Crippen molar-refractivity contribution in [2.45, 2.75) is 96.4 Å². The van der Waals surface area contributed by atoms with E-state index in [4.69, 9.17) is 4.74 Å². The largest absolute Gasteiger partial charge is 0.508 e. The molecule has 0 unspecified atom stereocenters. The quantitative estimate of drug-likeness (QED) is 0.250. The number of aryl methyl sites for hydroxylation is 1. The number of alkyl carbamates (subject to hydrolysis) is 1. The first-order valence-electron chi connectivity index (χ1n) is 11.5. The highest BCUT2D eigenvalue weighted by atomic mass is 127. The van der Waals surface area contributed by atoms with Crippen molar-refractivity contribution in [2.24, 2.45) is 4.99 Å². The van der Waals surface area contributed by atoms with Crippen LogP contribution in [0, 0.1) is 0 Å². The zero-order valence-corrected chi connectivity index (χ0v) is 22.1. The molecule has 1 aromatic carbocycles. The van der Waals surface area contributed by atoms with Crippen LogP contribution in [0.3, 0.4) is 0 Å². The number of fused-ring (bicyclic) bond motifs is 1. The molecule has 1 aromatic rings. The molecular formula is C24H39IN4O3. The number of nitrogens with zero attached hydrogens (tertiary/aromatic N) is 1. The lowest BCUT2D eigenvalue weighted by Crippen LogP contribution is -2.48. The number of amides is 1. The second-order valence-corrected chi connectivity index (χ2v) is 9.67. The smallest absolute Gasteiger partial charge is 0.407 e. The van der Waals surface area contributed by atoms with Gasteiger partial charge in [-0.25, -0.2) is 4.79 Å². The number of hydrogen-bond acceptors (Lipinski definition) is 4. The highest BCUT2D eigenvalue weighted by Crippen LogP contribution is 2.30. The Labute approximate surface area is 209 Å². The molecule has 32 heavy (non-hydrogen) atoms. The molecule has 2 aliphatic rings. The average molecular weight is 559 g/mol. The highest BCUT2D eigenvalue weighted by molar-refractivity contribution is 14.0. The van der Waals surface area contributed by atoms with Crippen molar-refractivity contribution < 1.29 is 14.6 Å². The first-order chi connectivity index (χ1) is 14.7. The lowest BCUT2D eigenvalue weighted by Gasteiger charge is -2.31. The molecule has 8 heteroatoms. The van der Waals surface area contributed by atoms with Gasteiger partial charge in [-0.1, -0.05) is 6.07 Å². The van der Waals surface area contributed by atoms with Gasteiger partial charge in [0.1, 0.15) is 11.4 Å². The van der Waals surface area contributed by atoms with Crippen molar-refractivity contribution in [3.05, 3.63) is 28.8 Å². The van der Waals surface area contributed by atoms with Gasteiger partial charge in [-0.3, -0.25) is 4.99 Å². The Bertz CT molecular complexity index is 799. The highest BCUT2D eigenvalue weighted by Gasteiger charge is 2.25. The van der Waals surface area contributed by atoms with Crippen LogP contribution in [0.25, 0.3) is 0 Å². The second kappa shape index (κ2) is 12.0. The minimum Gasteiger partial charge on any atom is -0.508 e. The average Bonchev–Trinajstić information content (AvgIpc) is 2.72. The van der Waals surface area contributed by atoms with E-state index in [2.05, 4.69) is 27.0 Å². The van der Waals surface area contributed by atoms with E-state index < -0.39 is 5.60 Å². The van der Waals surface area contributed by atoms with Gasteiger partial charge in [0.05, 0.1) is 0 Å². The topological polar surface area (TPSA) is 95.0 Å². The molecular weight excluding hydrogens is 519 g/mol. The molecule has 1 amide bonds. The third-order valence-corrected chi connectivity index (χ3v) is 6.07. The van der Waals surface area contributed by atoms with Crippen LogP contribution < -0.4 is 16.0 Å². The number of rotatable bonds is 4. The summed E-state index contributed by atoms with van der Waals surface area (Å²) < 4.78 is 5.36.